The topological polar surface area (TPSA) is 0 Å². The highest BCUT2D eigenvalue weighted by Crippen LogP contribution is 2.46. The van der Waals surface area contributed by atoms with Crippen LogP contribution in [-0.4, -0.2) is 0 Å². The average molecular weight is 637 g/mol. The van der Waals surface area contributed by atoms with Gasteiger partial charge in [0.05, 0.1) is 11.3 Å². The fourth-order valence-corrected chi connectivity index (χ4v) is 7.13. The molecule has 1 aliphatic carbocycles. The van der Waals surface area contributed by atoms with Crippen molar-refractivity contribution in [2.24, 2.45) is 5.92 Å². The number of allylic oxidation sites excluding steroid dienone is 4. The van der Waals surface area contributed by atoms with Crippen LogP contribution in [0.2, 0.25) is 0 Å². The van der Waals surface area contributed by atoms with Gasteiger partial charge in [-0.05, 0) is 67.8 Å². The van der Waals surface area contributed by atoms with Gasteiger partial charge in [-0.2, -0.15) is 0 Å². The van der Waals surface area contributed by atoms with E-state index in [4.69, 9.17) is 0 Å². The molecule has 0 saturated carbocycles. The molecule has 0 bridgehead atoms. The van der Waals surface area contributed by atoms with Crippen LogP contribution >= 0.6 is 0 Å². The van der Waals surface area contributed by atoms with Gasteiger partial charge in [-0.1, -0.05) is 212 Å². The molecule has 0 unspecified atom stereocenters. The van der Waals surface area contributed by atoms with E-state index in [2.05, 4.69) is 224 Å². The minimum atomic E-state index is -0.595. The Kier molecular flexibility index (Phi) is 8.63. The zero-order valence-corrected chi connectivity index (χ0v) is 27.8. The van der Waals surface area contributed by atoms with Gasteiger partial charge in [-0.15, -0.1) is 0 Å². The molecule has 8 rings (SSSR count). The standard InChI is InChI=1S/C50H36/c1-4-14-40(15-5-1)43-24-32-47(33-25-43)50(48-34-26-44(27-35-48)41-16-6-2-7-17-41,49-36-28-45(29-37-49)42-18-8-3-9-19-42)46-30-22-39(23-31-46)21-20-38-12-10-11-13-38/h1-19,22-38H. The second-order valence-corrected chi connectivity index (χ2v) is 12.7. The first-order valence-corrected chi connectivity index (χ1v) is 17.2. The molecule has 7 aromatic carbocycles. The molecular formula is C50H36. The van der Waals surface area contributed by atoms with E-state index in [0.29, 0.717) is 0 Å². The fraction of sp³-hybridized carbons (Fsp3) is 0.0400. The maximum atomic E-state index is 3.41. The number of hydrogen-bond acceptors (Lipinski definition) is 0. The monoisotopic (exact) mass is 636 g/mol. The minimum Gasteiger partial charge on any atom is -0.0861 e. The molecule has 7 aromatic rings. The van der Waals surface area contributed by atoms with Crippen LogP contribution in [0.4, 0.5) is 0 Å². The third-order valence-corrected chi connectivity index (χ3v) is 9.72. The van der Waals surface area contributed by atoms with Crippen molar-refractivity contribution in [2.45, 2.75) is 5.41 Å². The molecule has 0 aromatic heterocycles. The summed E-state index contributed by atoms with van der Waals surface area (Å²) in [5.74, 6) is 6.97. The average Bonchev–Trinajstić information content (AvgIpc) is 3.74. The Morgan fingerprint density at radius 3 is 0.960 bits per heavy atom. The van der Waals surface area contributed by atoms with E-state index in [1.165, 1.54) is 55.6 Å². The summed E-state index contributed by atoms with van der Waals surface area (Å²) in [5.41, 5.74) is 12.4. The third kappa shape index (κ3) is 6.14. The van der Waals surface area contributed by atoms with Crippen molar-refractivity contribution in [1.82, 2.24) is 0 Å². The predicted octanol–water partition coefficient (Wildman–Crippen LogP) is 12.2. The molecule has 236 valence electrons. The molecule has 0 aliphatic heterocycles. The molecule has 0 heterocycles. The van der Waals surface area contributed by atoms with Gasteiger partial charge in [-0.25, -0.2) is 0 Å². The third-order valence-electron chi connectivity index (χ3n) is 9.72. The van der Waals surface area contributed by atoms with Crippen LogP contribution in [-0.2, 0) is 5.41 Å². The van der Waals surface area contributed by atoms with Crippen molar-refractivity contribution in [3.8, 4) is 45.2 Å². The van der Waals surface area contributed by atoms with Crippen molar-refractivity contribution in [3.63, 3.8) is 0 Å². The largest absolute Gasteiger partial charge is 0.0861 e. The van der Waals surface area contributed by atoms with E-state index in [1.54, 1.807) is 0 Å². The predicted molar refractivity (Wildman–Crippen MR) is 210 cm³/mol. The van der Waals surface area contributed by atoms with Gasteiger partial charge >= 0.3 is 0 Å². The molecule has 0 saturated heterocycles. The number of benzene rings is 7. The Bertz CT molecular complexity index is 2090. The van der Waals surface area contributed by atoms with E-state index >= 15 is 0 Å². The van der Waals surface area contributed by atoms with Gasteiger partial charge < -0.3 is 0 Å². The lowest BCUT2D eigenvalue weighted by Gasteiger charge is -2.37. The first-order valence-electron chi connectivity index (χ1n) is 17.2. The Labute approximate surface area is 295 Å². The molecule has 0 spiro atoms. The molecule has 0 amide bonds. The lowest BCUT2D eigenvalue weighted by Crippen LogP contribution is -2.31. The smallest absolute Gasteiger partial charge is 0.0701 e. The zero-order chi connectivity index (χ0) is 33.6. The molecule has 0 radical (unpaired) electrons. The Balaban J connectivity index is 1.32. The van der Waals surface area contributed by atoms with Crippen LogP contribution in [0.1, 0.15) is 27.8 Å². The molecular weight excluding hydrogens is 601 g/mol. The van der Waals surface area contributed by atoms with Gasteiger partial charge in [0.25, 0.3) is 0 Å². The summed E-state index contributed by atoms with van der Waals surface area (Å²) in [6.45, 7) is 0. The molecule has 1 aliphatic rings. The highest BCUT2D eigenvalue weighted by atomic mass is 14.4. The van der Waals surface area contributed by atoms with Crippen LogP contribution in [0, 0.1) is 17.8 Å². The van der Waals surface area contributed by atoms with Gasteiger partial charge in [0.1, 0.15) is 0 Å². The first-order chi connectivity index (χ1) is 24.8. The minimum absolute atomic E-state index is 0.170. The van der Waals surface area contributed by atoms with Crippen LogP contribution < -0.4 is 0 Å². The zero-order valence-electron chi connectivity index (χ0n) is 27.8. The van der Waals surface area contributed by atoms with Crippen molar-refractivity contribution in [3.05, 3.63) is 240 Å². The maximum Gasteiger partial charge on any atom is 0.0701 e. The SMILES string of the molecule is C(#CC1C=CC=C1)c1ccc(C(c2ccc(-c3ccccc3)cc2)(c2ccc(-c3ccccc3)cc2)c2ccc(-c3ccccc3)cc2)cc1. The molecule has 0 heteroatoms. The molecule has 0 nitrogen and oxygen atoms in total. The van der Waals surface area contributed by atoms with Gasteiger partial charge in [-0.3, -0.25) is 0 Å². The molecule has 0 fully saturated rings. The van der Waals surface area contributed by atoms with E-state index in [0.717, 1.165) is 5.56 Å². The Morgan fingerprint density at radius 2 is 0.620 bits per heavy atom. The fourth-order valence-electron chi connectivity index (χ4n) is 7.13. The van der Waals surface area contributed by atoms with E-state index in [1.807, 2.05) is 0 Å². The second kappa shape index (κ2) is 14.0. The Morgan fingerprint density at radius 1 is 0.320 bits per heavy atom. The van der Waals surface area contributed by atoms with Gasteiger partial charge in [0.2, 0.25) is 0 Å². The highest BCUT2D eigenvalue weighted by Gasteiger charge is 2.38. The maximum absolute atomic E-state index is 3.41. The van der Waals surface area contributed by atoms with Crippen molar-refractivity contribution < 1.29 is 0 Å². The van der Waals surface area contributed by atoms with Crippen molar-refractivity contribution in [2.75, 3.05) is 0 Å². The molecule has 0 N–H and O–H groups in total. The van der Waals surface area contributed by atoms with Crippen LogP contribution in [0.3, 0.4) is 0 Å². The lowest BCUT2D eigenvalue weighted by atomic mass is 9.64. The first kappa shape index (κ1) is 30.9. The number of rotatable bonds is 7. The lowest BCUT2D eigenvalue weighted by molar-refractivity contribution is 0.745. The summed E-state index contributed by atoms with van der Waals surface area (Å²) in [6.07, 6.45) is 8.38. The van der Waals surface area contributed by atoms with Crippen LogP contribution in [0.5, 0.6) is 0 Å². The molecule has 50 heavy (non-hydrogen) atoms. The summed E-state index contributed by atoms with van der Waals surface area (Å²) in [7, 11) is 0. The van der Waals surface area contributed by atoms with E-state index in [9.17, 15) is 0 Å². The summed E-state index contributed by atoms with van der Waals surface area (Å²) < 4.78 is 0. The summed E-state index contributed by atoms with van der Waals surface area (Å²) in [5, 5.41) is 0. The summed E-state index contributed by atoms with van der Waals surface area (Å²) in [4.78, 5) is 0. The quantitative estimate of drug-likeness (QED) is 0.121. The summed E-state index contributed by atoms with van der Waals surface area (Å²) >= 11 is 0. The summed E-state index contributed by atoms with van der Waals surface area (Å²) in [6, 6.07) is 68.1. The normalized spacial score (nSPS) is 12.4. The number of hydrogen-bond donors (Lipinski definition) is 0. The van der Waals surface area contributed by atoms with Crippen molar-refractivity contribution in [1.29, 1.82) is 0 Å². The van der Waals surface area contributed by atoms with Gasteiger partial charge in [0, 0.05) is 5.56 Å². The Hall–Kier alpha value is -6.42. The second-order valence-electron chi connectivity index (χ2n) is 12.7. The van der Waals surface area contributed by atoms with Gasteiger partial charge in [0.15, 0.2) is 0 Å². The van der Waals surface area contributed by atoms with Crippen molar-refractivity contribution >= 4 is 0 Å². The molecule has 0 atom stereocenters. The van der Waals surface area contributed by atoms with Crippen LogP contribution in [0.15, 0.2) is 212 Å². The van der Waals surface area contributed by atoms with E-state index < -0.39 is 5.41 Å². The highest BCUT2D eigenvalue weighted by molar-refractivity contribution is 5.71. The van der Waals surface area contributed by atoms with E-state index in [-0.39, 0.29) is 5.92 Å². The van der Waals surface area contributed by atoms with Crippen LogP contribution in [0.25, 0.3) is 33.4 Å².